The lowest BCUT2D eigenvalue weighted by Crippen LogP contribution is -2.11. The first kappa shape index (κ1) is 18.5. The summed E-state index contributed by atoms with van der Waals surface area (Å²) in [5.41, 5.74) is 3.93. The lowest BCUT2D eigenvalue weighted by molar-refractivity contribution is 0.603. The van der Waals surface area contributed by atoms with Crippen molar-refractivity contribution in [3.8, 4) is 0 Å². The minimum Gasteiger partial charge on any atom is -0.381 e. The zero-order chi connectivity index (χ0) is 18.6. The van der Waals surface area contributed by atoms with Gasteiger partial charge in [-0.1, -0.05) is 36.8 Å². The fourth-order valence-electron chi connectivity index (χ4n) is 2.58. The van der Waals surface area contributed by atoms with E-state index in [1.807, 2.05) is 31.2 Å². The number of hydrogen-bond donors (Lipinski definition) is 2. The number of hydrogen-bond acceptors (Lipinski definition) is 4. The van der Waals surface area contributed by atoms with Gasteiger partial charge in [0.15, 0.2) is 0 Å². The van der Waals surface area contributed by atoms with Crippen molar-refractivity contribution in [1.29, 1.82) is 0 Å². The molecule has 0 saturated heterocycles. The third-order valence-corrected chi connectivity index (χ3v) is 7.07. The number of thiophene rings is 1. The van der Waals surface area contributed by atoms with E-state index < -0.39 is 10.0 Å². The zero-order valence-corrected chi connectivity index (χ0v) is 16.5. The van der Waals surface area contributed by atoms with Crippen LogP contribution in [0.2, 0.25) is 0 Å². The highest BCUT2D eigenvalue weighted by molar-refractivity contribution is 7.94. The van der Waals surface area contributed by atoms with Gasteiger partial charge in [-0.2, -0.15) is 0 Å². The van der Waals surface area contributed by atoms with Crippen molar-refractivity contribution in [2.75, 3.05) is 10.0 Å². The van der Waals surface area contributed by atoms with Crippen molar-refractivity contribution in [1.82, 2.24) is 0 Å². The molecule has 1 heterocycles. The summed E-state index contributed by atoms with van der Waals surface area (Å²) >= 11 is 1.31. The fraction of sp³-hybridized carbons (Fsp3) is 0.200. The van der Waals surface area contributed by atoms with E-state index in [-0.39, 0.29) is 0 Å². The molecule has 2 aromatic carbocycles. The van der Waals surface area contributed by atoms with Crippen LogP contribution in [0.5, 0.6) is 0 Å². The molecule has 26 heavy (non-hydrogen) atoms. The van der Waals surface area contributed by atoms with Crippen LogP contribution in [-0.4, -0.2) is 8.42 Å². The molecule has 0 spiro atoms. The molecule has 6 heteroatoms. The number of aryl methyl sites for hydroxylation is 2. The van der Waals surface area contributed by atoms with E-state index in [1.165, 1.54) is 22.5 Å². The second-order valence-corrected chi connectivity index (χ2v) is 9.18. The molecule has 0 aliphatic rings. The Morgan fingerprint density at radius 3 is 2.35 bits per heavy atom. The van der Waals surface area contributed by atoms with E-state index in [0.717, 1.165) is 23.5 Å². The van der Waals surface area contributed by atoms with Crippen LogP contribution in [0.3, 0.4) is 0 Å². The molecule has 0 fully saturated rings. The second kappa shape index (κ2) is 7.93. The van der Waals surface area contributed by atoms with Crippen molar-refractivity contribution in [3.05, 3.63) is 76.7 Å². The van der Waals surface area contributed by atoms with Gasteiger partial charge in [0.2, 0.25) is 0 Å². The van der Waals surface area contributed by atoms with E-state index in [4.69, 9.17) is 0 Å². The summed E-state index contributed by atoms with van der Waals surface area (Å²) in [7, 11) is -3.53. The summed E-state index contributed by atoms with van der Waals surface area (Å²) in [6, 6.07) is 19.1. The Balaban J connectivity index is 1.63. The minimum absolute atomic E-state index is 0.344. The third-order valence-electron chi connectivity index (χ3n) is 3.97. The molecule has 1 aromatic heterocycles. The Bertz CT molecular complexity index is 977. The van der Waals surface area contributed by atoms with Gasteiger partial charge in [-0.25, -0.2) is 8.42 Å². The van der Waals surface area contributed by atoms with Crippen LogP contribution < -0.4 is 10.0 Å². The van der Waals surface area contributed by atoms with Crippen LogP contribution in [0.4, 0.5) is 11.4 Å². The van der Waals surface area contributed by atoms with Gasteiger partial charge in [-0.15, -0.1) is 11.3 Å². The van der Waals surface area contributed by atoms with Gasteiger partial charge in [0, 0.05) is 22.8 Å². The predicted octanol–water partition coefficient (Wildman–Crippen LogP) is 5.03. The van der Waals surface area contributed by atoms with Crippen LogP contribution in [0, 0.1) is 6.92 Å². The molecule has 136 valence electrons. The van der Waals surface area contributed by atoms with Crippen molar-refractivity contribution < 1.29 is 8.42 Å². The van der Waals surface area contributed by atoms with E-state index in [2.05, 4.69) is 35.2 Å². The molecule has 0 unspecified atom stereocenters. The molecule has 0 aliphatic heterocycles. The lowest BCUT2D eigenvalue weighted by atomic mass is 10.1. The molecule has 4 nitrogen and oxygen atoms in total. The Morgan fingerprint density at radius 1 is 0.962 bits per heavy atom. The highest BCUT2D eigenvalue weighted by Gasteiger charge is 2.16. The smallest absolute Gasteiger partial charge is 0.271 e. The topological polar surface area (TPSA) is 58.2 Å². The average molecular weight is 387 g/mol. The van der Waals surface area contributed by atoms with Gasteiger partial charge in [-0.05, 0) is 55.3 Å². The number of sulfonamides is 1. The summed E-state index contributed by atoms with van der Waals surface area (Å²) < 4.78 is 27.9. The van der Waals surface area contributed by atoms with Gasteiger partial charge in [0.25, 0.3) is 10.0 Å². The van der Waals surface area contributed by atoms with Crippen molar-refractivity contribution in [2.24, 2.45) is 0 Å². The first-order valence-corrected chi connectivity index (χ1v) is 10.8. The summed E-state index contributed by atoms with van der Waals surface area (Å²) in [4.78, 5) is 1.06. The van der Waals surface area contributed by atoms with Crippen LogP contribution in [-0.2, 0) is 23.0 Å². The largest absolute Gasteiger partial charge is 0.381 e. The normalized spacial score (nSPS) is 11.3. The lowest BCUT2D eigenvalue weighted by Gasteiger charge is -2.10. The summed E-state index contributed by atoms with van der Waals surface area (Å²) in [6.07, 6.45) is 0.835. The van der Waals surface area contributed by atoms with Gasteiger partial charge in [0.1, 0.15) is 4.21 Å². The van der Waals surface area contributed by atoms with Crippen LogP contribution in [0.1, 0.15) is 22.9 Å². The molecular weight excluding hydrogens is 364 g/mol. The first-order chi connectivity index (χ1) is 12.5. The van der Waals surface area contributed by atoms with E-state index >= 15 is 0 Å². The van der Waals surface area contributed by atoms with Crippen LogP contribution in [0.15, 0.2) is 64.9 Å². The van der Waals surface area contributed by atoms with Gasteiger partial charge < -0.3 is 5.32 Å². The summed E-state index contributed by atoms with van der Waals surface area (Å²) in [5, 5.41) is 3.35. The Hall–Kier alpha value is -2.31. The van der Waals surface area contributed by atoms with Crippen molar-refractivity contribution in [2.45, 2.75) is 31.0 Å². The average Bonchev–Trinajstić information content (AvgIpc) is 3.11. The molecule has 0 radical (unpaired) electrons. The van der Waals surface area contributed by atoms with Crippen LogP contribution in [0.25, 0.3) is 0 Å². The quantitative estimate of drug-likeness (QED) is 0.599. The number of benzene rings is 2. The maximum absolute atomic E-state index is 12.4. The van der Waals surface area contributed by atoms with Crippen molar-refractivity contribution >= 4 is 32.7 Å². The first-order valence-electron chi connectivity index (χ1n) is 8.47. The maximum Gasteiger partial charge on any atom is 0.271 e. The molecule has 0 aliphatic carbocycles. The highest BCUT2D eigenvalue weighted by Crippen LogP contribution is 2.25. The molecule has 0 bridgehead atoms. The summed E-state index contributed by atoms with van der Waals surface area (Å²) in [5.74, 6) is 0. The Morgan fingerprint density at radius 2 is 1.69 bits per heavy atom. The maximum atomic E-state index is 12.4. The molecule has 0 amide bonds. The molecule has 2 N–H and O–H groups in total. The van der Waals surface area contributed by atoms with Gasteiger partial charge in [0.05, 0.1) is 0 Å². The molecule has 3 rings (SSSR count). The second-order valence-electron chi connectivity index (χ2n) is 6.10. The van der Waals surface area contributed by atoms with E-state index in [0.29, 0.717) is 9.90 Å². The highest BCUT2D eigenvalue weighted by atomic mass is 32.2. The Labute approximate surface area is 159 Å². The molecule has 0 saturated carbocycles. The fourth-order valence-corrected chi connectivity index (χ4v) is 4.93. The standard InChI is InChI=1S/C20H22N2O2S2/c1-3-19-11-12-20(25-19)26(23,24)22-18-9-7-17(8-10-18)21-14-16-6-4-5-15(2)13-16/h4-13,21-22H,3,14H2,1-2H3. The summed E-state index contributed by atoms with van der Waals surface area (Å²) in [6.45, 7) is 4.81. The molecule has 3 aromatic rings. The van der Waals surface area contributed by atoms with Crippen LogP contribution >= 0.6 is 11.3 Å². The van der Waals surface area contributed by atoms with Crippen molar-refractivity contribution in [3.63, 3.8) is 0 Å². The van der Waals surface area contributed by atoms with E-state index in [1.54, 1.807) is 18.2 Å². The minimum atomic E-state index is -3.53. The zero-order valence-electron chi connectivity index (χ0n) is 14.8. The third kappa shape index (κ3) is 4.65. The Kier molecular flexibility index (Phi) is 5.64. The van der Waals surface area contributed by atoms with Gasteiger partial charge >= 0.3 is 0 Å². The SMILES string of the molecule is CCc1ccc(S(=O)(=O)Nc2ccc(NCc3cccc(C)c3)cc2)s1. The van der Waals surface area contributed by atoms with E-state index in [9.17, 15) is 8.42 Å². The molecular formula is C20H22N2O2S2. The number of rotatable bonds is 7. The van der Waals surface area contributed by atoms with Gasteiger partial charge in [-0.3, -0.25) is 4.72 Å². The molecule has 0 atom stereocenters. The predicted molar refractivity (Wildman–Crippen MR) is 109 cm³/mol. The number of anilines is 2. The number of nitrogens with one attached hydrogen (secondary N) is 2. The monoisotopic (exact) mass is 386 g/mol.